The minimum atomic E-state index is 0.482. The van der Waals surface area contributed by atoms with E-state index in [1.165, 1.54) is 18.5 Å². The highest BCUT2D eigenvalue weighted by atomic mass is 16.5. The van der Waals surface area contributed by atoms with Crippen LogP contribution in [0.4, 0.5) is 11.5 Å². The van der Waals surface area contributed by atoms with Crippen molar-refractivity contribution in [2.75, 3.05) is 30.3 Å². The van der Waals surface area contributed by atoms with Gasteiger partial charge in [-0.25, -0.2) is 9.97 Å². The van der Waals surface area contributed by atoms with Gasteiger partial charge < -0.3 is 15.4 Å². The molecule has 0 bridgehead atoms. The molecule has 0 radical (unpaired) electrons. The molecular formula is C18H23N5O. The predicted molar refractivity (Wildman–Crippen MR) is 97.1 cm³/mol. The molecular weight excluding hydrogens is 302 g/mol. The summed E-state index contributed by atoms with van der Waals surface area (Å²) in [6.07, 6.45) is 7.20. The summed E-state index contributed by atoms with van der Waals surface area (Å²) in [4.78, 5) is 11.4. The van der Waals surface area contributed by atoms with Crippen molar-refractivity contribution in [2.45, 2.75) is 32.9 Å². The van der Waals surface area contributed by atoms with Crippen molar-refractivity contribution in [3.05, 3.63) is 24.5 Å². The van der Waals surface area contributed by atoms with Gasteiger partial charge in [0.1, 0.15) is 18.2 Å². The molecule has 1 aliphatic heterocycles. The zero-order valence-electron chi connectivity index (χ0n) is 14.0. The summed E-state index contributed by atoms with van der Waals surface area (Å²) < 4.78 is 7.89. The lowest BCUT2D eigenvalue weighted by Gasteiger charge is -2.18. The third-order valence-electron chi connectivity index (χ3n) is 4.64. The maximum atomic E-state index is 5.96. The second-order valence-electron chi connectivity index (χ2n) is 6.31. The molecule has 0 saturated carbocycles. The van der Waals surface area contributed by atoms with E-state index in [4.69, 9.17) is 10.5 Å². The summed E-state index contributed by atoms with van der Waals surface area (Å²) in [6, 6.07) is 4.07. The second-order valence-corrected chi connectivity index (χ2v) is 6.31. The van der Waals surface area contributed by atoms with Crippen LogP contribution in [0.25, 0.3) is 21.9 Å². The molecule has 1 aliphatic rings. The summed E-state index contributed by atoms with van der Waals surface area (Å²) in [6.45, 7) is 5.51. The van der Waals surface area contributed by atoms with Gasteiger partial charge in [0.15, 0.2) is 0 Å². The Kier molecular flexibility index (Phi) is 3.98. The minimum Gasteiger partial charge on any atom is -0.384 e. The predicted octanol–water partition coefficient (Wildman–Crippen LogP) is 3.15. The Hall–Kier alpha value is -2.34. The molecule has 6 heteroatoms. The third kappa shape index (κ3) is 2.47. The first kappa shape index (κ1) is 15.2. The van der Waals surface area contributed by atoms with Gasteiger partial charge >= 0.3 is 0 Å². The van der Waals surface area contributed by atoms with Gasteiger partial charge in [-0.15, -0.1) is 0 Å². The van der Waals surface area contributed by atoms with E-state index in [0.717, 1.165) is 48.1 Å². The number of nitrogens with two attached hydrogens (primary N) is 1. The molecule has 0 aromatic carbocycles. The molecule has 4 heterocycles. The maximum Gasteiger partial charge on any atom is 0.145 e. The topological polar surface area (TPSA) is 69.2 Å². The molecule has 0 amide bonds. The van der Waals surface area contributed by atoms with E-state index in [-0.39, 0.29) is 0 Å². The van der Waals surface area contributed by atoms with Crippen LogP contribution in [0.15, 0.2) is 24.5 Å². The standard InChI is InChI=1S/C18H23N5O/c1-2-9-24-12-23-15-11-21-16(19)10-13(15)17-14(5-6-20-18(17)23)22-7-3-4-8-22/h5-6,10-11H,2-4,7-9,12H2,1H3,(H2,19,21). The monoisotopic (exact) mass is 325 g/mol. The van der Waals surface area contributed by atoms with Crippen LogP contribution in [0.5, 0.6) is 0 Å². The highest BCUT2D eigenvalue weighted by Crippen LogP contribution is 2.36. The van der Waals surface area contributed by atoms with E-state index in [2.05, 4.69) is 32.4 Å². The molecule has 0 atom stereocenters. The smallest absolute Gasteiger partial charge is 0.145 e. The van der Waals surface area contributed by atoms with Crippen molar-refractivity contribution < 1.29 is 4.74 Å². The van der Waals surface area contributed by atoms with Gasteiger partial charge in [-0.2, -0.15) is 0 Å². The van der Waals surface area contributed by atoms with Gasteiger partial charge in [0.2, 0.25) is 0 Å². The Morgan fingerprint density at radius 3 is 2.88 bits per heavy atom. The molecule has 24 heavy (non-hydrogen) atoms. The first-order valence-corrected chi connectivity index (χ1v) is 8.64. The van der Waals surface area contributed by atoms with Gasteiger partial charge in [0, 0.05) is 37.0 Å². The fraction of sp³-hybridized carbons (Fsp3) is 0.444. The van der Waals surface area contributed by atoms with Crippen molar-refractivity contribution in [3.63, 3.8) is 0 Å². The van der Waals surface area contributed by atoms with Crippen LogP contribution in [0.3, 0.4) is 0 Å². The number of hydrogen-bond donors (Lipinski definition) is 1. The fourth-order valence-corrected chi connectivity index (χ4v) is 3.55. The van der Waals surface area contributed by atoms with Gasteiger partial charge in [-0.1, -0.05) is 6.92 Å². The molecule has 0 unspecified atom stereocenters. The van der Waals surface area contributed by atoms with Crippen LogP contribution >= 0.6 is 0 Å². The van der Waals surface area contributed by atoms with E-state index in [9.17, 15) is 0 Å². The van der Waals surface area contributed by atoms with Crippen LogP contribution in [0.2, 0.25) is 0 Å². The molecule has 6 nitrogen and oxygen atoms in total. The average molecular weight is 325 g/mol. The number of nitrogen functional groups attached to an aromatic ring is 1. The number of ether oxygens (including phenoxy) is 1. The van der Waals surface area contributed by atoms with E-state index in [1.54, 1.807) is 0 Å². The first-order valence-electron chi connectivity index (χ1n) is 8.64. The normalized spacial score (nSPS) is 15.0. The first-order chi connectivity index (χ1) is 11.8. The van der Waals surface area contributed by atoms with Gasteiger partial charge in [-0.3, -0.25) is 4.57 Å². The quantitative estimate of drug-likeness (QED) is 0.730. The van der Waals surface area contributed by atoms with Gasteiger partial charge in [0.25, 0.3) is 0 Å². The van der Waals surface area contributed by atoms with Gasteiger partial charge in [-0.05, 0) is 31.4 Å². The zero-order chi connectivity index (χ0) is 16.5. The number of rotatable bonds is 5. The zero-order valence-corrected chi connectivity index (χ0v) is 14.0. The number of anilines is 2. The molecule has 126 valence electrons. The molecule has 4 rings (SSSR count). The minimum absolute atomic E-state index is 0.482. The van der Waals surface area contributed by atoms with Crippen molar-refractivity contribution in [1.29, 1.82) is 0 Å². The molecule has 1 fully saturated rings. The van der Waals surface area contributed by atoms with Crippen LogP contribution in [0.1, 0.15) is 26.2 Å². The summed E-state index contributed by atoms with van der Waals surface area (Å²) in [5, 5.41) is 2.26. The number of pyridine rings is 2. The molecule has 3 aromatic heterocycles. The molecule has 1 saturated heterocycles. The van der Waals surface area contributed by atoms with Crippen molar-refractivity contribution in [1.82, 2.24) is 14.5 Å². The van der Waals surface area contributed by atoms with Crippen LogP contribution in [-0.2, 0) is 11.5 Å². The Labute approximate surface area is 141 Å². The Balaban J connectivity index is 1.94. The van der Waals surface area contributed by atoms with Crippen LogP contribution in [0, 0.1) is 0 Å². The Morgan fingerprint density at radius 1 is 1.25 bits per heavy atom. The lowest BCUT2D eigenvalue weighted by Crippen LogP contribution is -2.17. The molecule has 0 spiro atoms. The van der Waals surface area contributed by atoms with E-state index < -0.39 is 0 Å². The lowest BCUT2D eigenvalue weighted by atomic mass is 10.2. The third-order valence-corrected chi connectivity index (χ3v) is 4.64. The average Bonchev–Trinajstić information content (AvgIpc) is 3.22. The van der Waals surface area contributed by atoms with Crippen molar-refractivity contribution >= 4 is 33.4 Å². The van der Waals surface area contributed by atoms with E-state index in [0.29, 0.717) is 12.5 Å². The van der Waals surface area contributed by atoms with Crippen molar-refractivity contribution in [2.24, 2.45) is 0 Å². The van der Waals surface area contributed by atoms with E-state index >= 15 is 0 Å². The Bertz CT molecular complexity index is 867. The van der Waals surface area contributed by atoms with Gasteiger partial charge in [0.05, 0.1) is 17.1 Å². The number of aromatic nitrogens is 3. The highest BCUT2D eigenvalue weighted by molar-refractivity contribution is 6.13. The fourth-order valence-electron chi connectivity index (χ4n) is 3.55. The number of hydrogen-bond acceptors (Lipinski definition) is 5. The van der Waals surface area contributed by atoms with Crippen LogP contribution < -0.4 is 10.6 Å². The summed E-state index contributed by atoms with van der Waals surface area (Å²) in [5.41, 5.74) is 9.17. The van der Waals surface area contributed by atoms with Crippen molar-refractivity contribution in [3.8, 4) is 0 Å². The van der Waals surface area contributed by atoms with Crippen LogP contribution in [-0.4, -0.2) is 34.2 Å². The summed E-state index contributed by atoms with van der Waals surface area (Å²) in [5.74, 6) is 0.534. The summed E-state index contributed by atoms with van der Waals surface area (Å²) >= 11 is 0. The maximum absolute atomic E-state index is 5.96. The lowest BCUT2D eigenvalue weighted by molar-refractivity contribution is 0.0826. The second kappa shape index (κ2) is 6.28. The largest absolute Gasteiger partial charge is 0.384 e. The Morgan fingerprint density at radius 2 is 2.08 bits per heavy atom. The molecule has 0 aliphatic carbocycles. The van der Waals surface area contributed by atoms with E-state index in [1.807, 2.05) is 18.5 Å². The molecule has 2 N–H and O–H groups in total. The molecule has 3 aromatic rings. The highest BCUT2D eigenvalue weighted by Gasteiger charge is 2.20. The SMILES string of the molecule is CCCOCn1c2cnc(N)cc2c2c(N3CCCC3)ccnc21. The number of nitrogens with zero attached hydrogens (tertiary/aromatic N) is 4. The summed E-state index contributed by atoms with van der Waals surface area (Å²) in [7, 11) is 0. The number of fused-ring (bicyclic) bond motifs is 3.